The van der Waals surface area contributed by atoms with E-state index >= 15 is 0 Å². The topological polar surface area (TPSA) is 116 Å². The lowest BCUT2D eigenvalue weighted by atomic mass is 10.1. The molecule has 0 unspecified atom stereocenters. The Bertz CT molecular complexity index is 1250. The second-order valence-electron chi connectivity index (χ2n) is 11.2. The maximum Gasteiger partial charge on any atom is 0.423 e. The van der Waals surface area contributed by atoms with Gasteiger partial charge in [-0.2, -0.15) is 23.5 Å². The predicted octanol–water partition coefficient (Wildman–Crippen LogP) is 4.16. The first-order valence-corrected chi connectivity index (χ1v) is 17.5. The number of hydrogen-bond acceptors (Lipinski definition) is 8. The summed E-state index contributed by atoms with van der Waals surface area (Å²) < 4.78 is 47.2. The molecule has 0 aliphatic carbocycles. The number of anilines is 2. The number of pyridine rings is 1. The number of unbranched alkanes of at least 4 members (excludes halogenated alkanes) is 2. The van der Waals surface area contributed by atoms with Crippen molar-refractivity contribution in [3.8, 4) is 6.07 Å². The summed E-state index contributed by atoms with van der Waals surface area (Å²) in [6.45, 7) is 9.15. The highest BCUT2D eigenvalue weighted by Crippen LogP contribution is 2.31. The fourth-order valence-corrected chi connectivity index (χ4v) is 5.06. The Balaban J connectivity index is 1.40. The second kappa shape index (κ2) is 14.4. The Morgan fingerprint density at radius 2 is 1.85 bits per heavy atom. The maximum absolute atomic E-state index is 13.7. The van der Waals surface area contributed by atoms with Crippen LogP contribution in [0.15, 0.2) is 29.3 Å². The lowest BCUT2D eigenvalue weighted by molar-refractivity contribution is -0.138. The van der Waals surface area contributed by atoms with Crippen molar-refractivity contribution in [2.24, 2.45) is 0 Å². The van der Waals surface area contributed by atoms with E-state index in [2.05, 4.69) is 39.9 Å². The molecule has 0 bridgehead atoms. The minimum Gasteiger partial charge on any atom is -0.383 e. The first-order valence-electron chi connectivity index (χ1n) is 13.8. The second-order valence-corrected chi connectivity index (χ2v) is 16.8. The summed E-state index contributed by atoms with van der Waals surface area (Å²) in [5, 5.41) is 15.5. The van der Waals surface area contributed by atoms with Gasteiger partial charge in [0.25, 0.3) is 5.56 Å². The van der Waals surface area contributed by atoms with E-state index in [0.29, 0.717) is 68.7 Å². The summed E-state index contributed by atoms with van der Waals surface area (Å²) in [6, 6.07) is 6.38. The van der Waals surface area contributed by atoms with Crippen molar-refractivity contribution in [3.63, 3.8) is 0 Å². The van der Waals surface area contributed by atoms with Crippen LogP contribution in [0.5, 0.6) is 0 Å². The van der Waals surface area contributed by atoms with Crippen molar-refractivity contribution in [2.75, 3.05) is 49.5 Å². The lowest BCUT2D eigenvalue weighted by Gasteiger charge is -2.35. The zero-order valence-electron chi connectivity index (χ0n) is 23.8. The predicted molar refractivity (Wildman–Crippen MR) is 152 cm³/mol. The van der Waals surface area contributed by atoms with Crippen molar-refractivity contribution in [3.05, 3.63) is 46.0 Å². The van der Waals surface area contributed by atoms with Crippen LogP contribution in [0, 0.1) is 11.3 Å². The summed E-state index contributed by atoms with van der Waals surface area (Å²) in [5.74, 6) is 0.820. The van der Waals surface area contributed by atoms with Gasteiger partial charge in [0, 0.05) is 60.0 Å². The van der Waals surface area contributed by atoms with E-state index in [1.807, 2.05) is 11.0 Å². The van der Waals surface area contributed by atoms with Crippen molar-refractivity contribution >= 4 is 25.5 Å². The first kappa shape index (κ1) is 32.1. The van der Waals surface area contributed by atoms with Crippen LogP contribution in [0.4, 0.5) is 24.7 Å². The largest absolute Gasteiger partial charge is 0.423 e. The number of halogens is 3. The molecule has 1 aliphatic heterocycles. The number of piperazine rings is 1. The van der Waals surface area contributed by atoms with Crippen LogP contribution < -0.4 is 15.8 Å². The lowest BCUT2D eigenvalue weighted by Crippen LogP contribution is -2.49. The Kier molecular flexibility index (Phi) is 11.3. The highest BCUT2D eigenvalue weighted by molar-refractivity contribution is 6.76. The molecule has 2 aromatic heterocycles. The molecule has 1 fully saturated rings. The Morgan fingerprint density at radius 1 is 1.12 bits per heavy atom. The smallest absolute Gasteiger partial charge is 0.383 e. The van der Waals surface area contributed by atoms with Crippen molar-refractivity contribution < 1.29 is 22.7 Å². The van der Waals surface area contributed by atoms with Gasteiger partial charge in [0.15, 0.2) is 0 Å². The minimum absolute atomic E-state index is 0.0460. The maximum atomic E-state index is 13.7. The van der Waals surface area contributed by atoms with Crippen molar-refractivity contribution in [2.45, 2.75) is 64.3 Å². The van der Waals surface area contributed by atoms with Crippen LogP contribution in [-0.2, 0) is 22.4 Å². The number of aromatic nitrogens is 3. The van der Waals surface area contributed by atoms with Gasteiger partial charge >= 0.3 is 6.18 Å². The molecule has 0 spiro atoms. The van der Waals surface area contributed by atoms with Gasteiger partial charge < -0.3 is 19.9 Å². The summed E-state index contributed by atoms with van der Waals surface area (Å²) >= 11 is 0. The van der Waals surface area contributed by atoms with Gasteiger partial charge in [0.1, 0.15) is 24.2 Å². The third-order valence-corrected chi connectivity index (χ3v) is 8.46. The number of amides is 1. The number of nitrogens with zero attached hydrogens (tertiary/aromatic N) is 6. The fraction of sp³-hybridized carbons (Fsp3) is 0.593. The zero-order valence-corrected chi connectivity index (χ0v) is 24.8. The number of carbonyl (C=O) groups excluding carboxylic acids is 1. The third kappa shape index (κ3) is 9.85. The molecule has 1 aliphatic rings. The van der Waals surface area contributed by atoms with Gasteiger partial charge in [-0.05, 0) is 31.0 Å². The normalized spacial score (nSPS) is 14.2. The van der Waals surface area contributed by atoms with E-state index in [0.717, 1.165) is 18.1 Å². The minimum atomic E-state index is -4.84. The monoisotopic (exact) mass is 593 g/mol. The number of carbonyl (C=O) groups is 1. The average Bonchev–Trinajstić information content (AvgIpc) is 2.92. The molecule has 3 rings (SSSR count). The van der Waals surface area contributed by atoms with Crippen molar-refractivity contribution in [1.29, 1.82) is 5.26 Å². The van der Waals surface area contributed by atoms with Crippen LogP contribution in [0.25, 0.3) is 0 Å². The van der Waals surface area contributed by atoms with Gasteiger partial charge in [-0.25, -0.2) is 9.67 Å². The Morgan fingerprint density at radius 3 is 2.46 bits per heavy atom. The summed E-state index contributed by atoms with van der Waals surface area (Å²) in [4.78, 5) is 33.3. The molecule has 2 aromatic rings. The molecular formula is C27H38F3N7O3Si. The van der Waals surface area contributed by atoms with Gasteiger partial charge in [-0.15, -0.1) is 0 Å². The van der Waals surface area contributed by atoms with Gasteiger partial charge in [-0.1, -0.05) is 26.1 Å². The highest BCUT2D eigenvalue weighted by atomic mass is 28.3. The van der Waals surface area contributed by atoms with Crippen molar-refractivity contribution in [1.82, 2.24) is 19.7 Å². The molecule has 10 nitrogen and oxygen atoms in total. The molecule has 41 heavy (non-hydrogen) atoms. The SMILES string of the molecule is C[Si](C)(C)CCOCn1ncc(NCCCCCC(=O)N2CCN(c3ccc(C#N)cn3)CC2)c(C(F)(F)F)c1=O. The van der Waals surface area contributed by atoms with Gasteiger partial charge in [-0.3, -0.25) is 9.59 Å². The van der Waals surface area contributed by atoms with Gasteiger partial charge in [0.05, 0.1) is 17.4 Å². The van der Waals surface area contributed by atoms with Crippen LogP contribution in [-0.4, -0.2) is 73.0 Å². The van der Waals surface area contributed by atoms with Crippen LogP contribution in [0.2, 0.25) is 25.7 Å². The Labute approximate surface area is 239 Å². The third-order valence-electron chi connectivity index (χ3n) is 6.75. The molecule has 0 saturated carbocycles. The molecule has 1 saturated heterocycles. The highest BCUT2D eigenvalue weighted by Gasteiger charge is 2.38. The average molecular weight is 594 g/mol. The molecule has 1 amide bonds. The number of rotatable bonds is 13. The molecule has 0 atom stereocenters. The van der Waals surface area contributed by atoms with E-state index in [1.54, 1.807) is 12.1 Å². The van der Waals surface area contributed by atoms with E-state index in [1.165, 1.54) is 6.20 Å². The first-order chi connectivity index (χ1) is 19.4. The molecule has 1 N–H and O–H groups in total. The van der Waals surface area contributed by atoms with Gasteiger partial charge in [0.2, 0.25) is 5.91 Å². The standard InChI is InChI=1S/C27H38F3N7O3Si/c1-41(2,3)16-15-40-20-37-26(39)25(27(28,29)30)22(19-34-37)32-10-6-4-5-7-24(38)36-13-11-35(12-14-36)23-9-8-21(17-31)18-33-23/h8-9,18-19,32H,4-7,10-16,20H2,1-3H3. The van der Waals surface area contributed by atoms with E-state index in [-0.39, 0.29) is 24.9 Å². The molecule has 224 valence electrons. The molecule has 3 heterocycles. The van der Waals surface area contributed by atoms with E-state index < -0.39 is 25.4 Å². The summed E-state index contributed by atoms with van der Waals surface area (Å²) in [6.07, 6.45) is -0.146. The molecule has 0 aromatic carbocycles. The number of alkyl halides is 3. The number of nitrogens with one attached hydrogen (secondary N) is 1. The summed E-state index contributed by atoms with van der Waals surface area (Å²) in [5.41, 5.74) is -2.38. The Hall–Kier alpha value is -3.44. The molecular weight excluding hydrogens is 555 g/mol. The van der Waals surface area contributed by atoms with E-state index in [4.69, 9.17) is 10.00 Å². The zero-order chi connectivity index (χ0) is 30.0. The van der Waals surface area contributed by atoms with E-state index in [9.17, 15) is 22.8 Å². The van der Waals surface area contributed by atoms with Crippen LogP contribution in [0.3, 0.4) is 0 Å². The van der Waals surface area contributed by atoms with Crippen LogP contribution >= 0.6 is 0 Å². The molecule has 0 radical (unpaired) electrons. The fourth-order valence-electron chi connectivity index (χ4n) is 4.30. The van der Waals surface area contributed by atoms with Crippen LogP contribution in [0.1, 0.15) is 36.8 Å². The quantitative estimate of drug-likeness (QED) is 0.272. The molecule has 14 heteroatoms. The number of hydrogen-bond donors (Lipinski definition) is 1. The number of ether oxygens (including phenoxy) is 1. The summed E-state index contributed by atoms with van der Waals surface area (Å²) in [7, 11) is -1.37. The number of nitriles is 1.